The summed E-state index contributed by atoms with van der Waals surface area (Å²) in [5.41, 5.74) is 2.61. The maximum atomic E-state index is 13.8. The minimum absolute atomic E-state index is 0.00166. The second kappa shape index (κ2) is 15.6. The van der Waals surface area contributed by atoms with E-state index < -0.39 is 6.04 Å². The van der Waals surface area contributed by atoms with E-state index in [9.17, 15) is 14.4 Å². The number of halogens is 1. The fraction of sp³-hybridized carbons (Fsp3) is 0.571. The summed E-state index contributed by atoms with van der Waals surface area (Å²) in [6.45, 7) is 9.05. The summed E-state index contributed by atoms with van der Waals surface area (Å²) in [7, 11) is 0. The highest BCUT2D eigenvalue weighted by Crippen LogP contribution is 2.34. The molecule has 0 aromatic heterocycles. The van der Waals surface area contributed by atoms with Crippen molar-refractivity contribution in [1.29, 1.82) is 0 Å². The molecule has 1 saturated carbocycles. The van der Waals surface area contributed by atoms with E-state index >= 15 is 0 Å². The zero-order valence-corrected chi connectivity index (χ0v) is 26.9. The van der Waals surface area contributed by atoms with E-state index in [1.807, 2.05) is 49.9 Å². The lowest BCUT2D eigenvalue weighted by atomic mass is 9.85. The van der Waals surface area contributed by atoms with Crippen LogP contribution in [0, 0.1) is 5.92 Å². The number of amides is 3. The van der Waals surface area contributed by atoms with Gasteiger partial charge in [0.15, 0.2) is 5.78 Å². The van der Waals surface area contributed by atoms with Gasteiger partial charge in [-0.25, -0.2) is 4.79 Å². The first-order chi connectivity index (χ1) is 20.7. The summed E-state index contributed by atoms with van der Waals surface area (Å²) in [6, 6.07) is 12.7. The van der Waals surface area contributed by atoms with Crippen LogP contribution in [-0.4, -0.2) is 47.4 Å². The van der Waals surface area contributed by atoms with Crippen molar-refractivity contribution in [1.82, 2.24) is 15.5 Å². The Morgan fingerprint density at radius 3 is 2.47 bits per heavy atom. The first kappa shape index (κ1) is 32.8. The average molecular weight is 610 g/mol. The van der Waals surface area contributed by atoms with Gasteiger partial charge in [-0.2, -0.15) is 0 Å². The van der Waals surface area contributed by atoms with Crippen LogP contribution in [-0.2, 0) is 11.3 Å². The fourth-order valence-electron chi connectivity index (χ4n) is 6.35. The Labute approximate surface area is 262 Å². The number of benzene rings is 2. The average Bonchev–Trinajstić information content (AvgIpc) is 3.51. The Kier molecular flexibility index (Phi) is 11.9. The number of nitrogens with zero attached hydrogens (tertiary/aromatic N) is 1. The van der Waals surface area contributed by atoms with Gasteiger partial charge in [-0.1, -0.05) is 75.9 Å². The molecule has 1 aliphatic carbocycles. The van der Waals surface area contributed by atoms with Crippen LogP contribution in [0.25, 0.3) is 0 Å². The van der Waals surface area contributed by atoms with Crippen molar-refractivity contribution < 1.29 is 19.1 Å². The summed E-state index contributed by atoms with van der Waals surface area (Å²) in [6.07, 6.45) is 7.99. The molecule has 0 saturated heterocycles. The smallest absolute Gasteiger partial charge is 0.318 e. The van der Waals surface area contributed by atoms with Crippen molar-refractivity contribution in [2.24, 2.45) is 5.92 Å². The Balaban J connectivity index is 1.50. The number of ether oxygens (including phenoxy) is 1. The number of fused-ring (bicyclic) bond motifs is 1. The minimum atomic E-state index is -0.600. The third kappa shape index (κ3) is 8.75. The molecule has 7 nitrogen and oxygen atoms in total. The second-order valence-corrected chi connectivity index (χ2v) is 13.0. The third-order valence-corrected chi connectivity index (χ3v) is 9.19. The van der Waals surface area contributed by atoms with Crippen molar-refractivity contribution in [2.75, 3.05) is 6.61 Å². The summed E-state index contributed by atoms with van der Waals surface area (Å²) >= 11 is 6.53. The van der Waals surface area contributed by atoms with Gasteiger partial charge in [0.25, 0.3) is 0 Å². The molecule has 8 heteroatoms. The van der Waals surface area contributed by atoms with Crippen molar-refractivity contribution in [3.05, 3.63) is 64.2 Å². The fourth-order valence-corrected chi connectivity index (χ4v) is 6.62. The summed E-state index contributed by atoms with van der Waals surface area (Å²) in [5, 5.41) is 6.64. The van der Waals surface area contributed by atoms with E-state index in [0.717, 1.165) is 62.5 Å². The van der Waals surface area contributed by atoms with Gasteiger partial charge in [0.2, 0.25) is 5.91 Å². The van der Waals surface area contributed by atoms with Crippen molar-refractivity contribution in [2.45, 2.75) is 116 Å². The predicted molar refractivity (Wildman–Crippen MR) is 172 cm³/mol. The molecule has 2 aliphatic rings. The van der Waals surface area contributed by atoms with E-state index in [0.29, 0.717) is 35.9 Å². The molecule has 3 atom stereocenters. The molecule has 1 unspecified atom stereocenters. The Morgan fingerprint density at radius 2 is 1.77 bits per heavy atom. The second-order valence-electron chi connectivity index (χ2n) is 12.6. The number of carbonyl (C=O) groups excluding carboxylic acids is 3. The van der Waals surface area contributed by atoms with Crippen LogP contribution in [0.3, 0.4) is 0 Å². The van der Waals surface area contributed by atoms with E-state index in [2.05, 4.69) is 23.6 Å². The summed E-state index contributed by atoms with van der Waals surface area (Å²) < 4.78 is 5.68. The predicted octanol–water partition coefficient (Wildman–Crippen LogP) is 7.65. The van der Waals surface area contributed by atoms with E-state index in [4.69, 9.17) is 16.3 Å². The number of urea groups is 1. The minimum Gasteiger partial charge on any atom is -0.494 e. The Bertz CT molecular complexity index is 1260. The largest absolute Gasteiger partial charge is 0.494 e. The first-order valence-corrected chi connectivity index (χ1v) is 16.5. The molecule has 3 amide bonds. The molecule has 1 fully saturated rings. The highest BCUT2D eigenvalue weighted by molar-refractivity contribution is 6.34. The Hall–Kier alpha value is -3.06. The van der Waals surface area contributed by atoms with Crippen LogP contribution >= 0.6 is 11.6 Å². The first-order valence-electron chi connectivity index (χ1n) is 16.1. The standard InChI is InChI=1S/C35H48ClN3O4/c1-5-19-43-28-17-18-30(31(36)21-28)32(40)20-25-13-10-11-24(4)39(22-26-12-6-9-16-29(25)26)35(42)38-33(23(2)3)34(41)37-27-14-7-8-15-27/h6,9,12,16-18,21,23-25,27,33H,5,7-8,10-11,13-15,19-20,22H2,1-4H3,(H,37,41)(H,38,42)/t24-,25?,33+/m1/s1. The number of Topliss-reactive ketones (excluding diaryl/α,β-unsaturated/α-hetero) is 1. The van der Waals surface area contributed by atoms with Crippen LogP contribution in [0.1, 0.15) is 113 Å². The molecule has 234 valence electrons. The molecular weight excluding hydrogens is 562 g/mol. The van der Waals surface area contributed by atoms with E-state index in [-0.39, 0.29) is 41.6 Å². The topological polar surface area (TPSA) is 87.7 Å². The normalized spacial score (nSPS) is 20.0. The van der Waals surface area contributed by atoms with Crippen molar-refractivity contribution in [3.8, 4) is 5.75 Å². The summed E-state index contributed by atoms with van der Waals surface area (Å²) in [4.78, 5) is 42.3. The van der Waals surface area contributed by atoms with Gasteiger partial charge in [0.05, 0.1) is 11.6 Å². The van der Waals surface area contributed by atoms with Gasteiger partial charge in [0.1, 0.15) is 11.8 Å². The van der Waals surface area contributed by atoms with Gasteiger partial charge in [0, 0.05) is 30.6 Å². The number of rotatable bonds is 10. The lowest BCUT2D eigenvalue weighted by Gasteiger charge is -2.32. The molecular formula is C35H48ClN3O4. The number of nitrogens with one attached hydrogen (secondary N) is 2. The molecule has 2 aromatic carbocycles. The van der Waals surface area contributed by atoms with Crippen LogP contribution in [0.15, 0.2) is 42.5 Å². The number of carbonyl (C=O) groups is 3. The highest BCUT2D eigenvalue weighted by Gasteiger charge is 2.32. The van der Waals surface area contributed by atoms with Gasteiger partial charge >= 0.3 is 6.03 Å². The SMILES string of the molecule is CCCOc1ccc(C(=O)CC2CCC[C@@H](C)N(C(=O)N[C@H](C(=O)NC3CCCC3)C(C)C)Cc3ccccc32)c(Cl)c1. The zero-order chi connectivity index (χ0) is 30.9. The van der Waals surface area contributed by atoms with Crippen LogP contribution in [0.4, 0.5) is 4.79 Å². The molecule has 0 bridgehead atoms. The van der Waals surface area contributed by atoms with E-state index in [1.165, 1.54) is 0 Å². The summed E-state index contributed by atoms with van der Waals surface area (Å²) in [5.74, 6) is 0.530. The van der Waals surface area contributed by atoms with Crippen molar-refractivity contribution >= 4 is 29.3 Å². The van der Waals surface area contributed by atoms with Gasteiger partial charge in [-0.3, -0.25) is 9.59 Å². The van der Waals surface area contributed by atoms with Crippen LogP contribution in [0.2, 0.25) is 5.02 Å². The van der Waals surface area contributed by atoms with Crippen LogP contribution < -0.4 is 15.4 Å². The molecule has 43 heavy (non-hydrogen) atoms. The Morgan fingerprint density at radius 1 is 1.02 bits per heavy atom. The molecule has 2 aromatic rings. The lowest BCUT2D eigenvalue weighted by Crippen LogP contribution is -2.55. The molecule has 1 heterocycles. The van der Waals surface area contributed by atoms with Gasteiger partial charge in [-0.15, -0.1) is 0 Å². The quantitative estimate of drug-likeness (QED) is 0.271. The molecule has 1 aliphatic heterocycles. The molecule has 2 N–H and O–H groups in total. The van der Waals surface area contributed by atoms with Gasteiger partial charge in [-0.05, 0) is 80.2 Å². The molecule has 0 spiro atoms. The van der Waals surface area contributed by atoms with Crippen LogP contribution in [0.5, 0.6) is 5.75 Å². The molecule has 4 rings (SSSR count). The lowest BCUT2D eigenvalue weighted by molar-refractivity contribution is -0.124. The number of ketones is 1. The van der Waals surface area contributed by atoms with Gasteiger partial charge < -0.3 is 20.3 Å². The third-order valence-electron chi connectivity index (χ3n) is 8.88. The number of hydrogen-bond donors (Lipinski definition) is 2. The maximum absolute atomic E-state index is 13.8. The number of hydrogen-bond acceptors (Lipinski definition) is 4. The highest BCUT2D eigenvalue weighted by atomic mass is 35.5. The maximum Gasteiger partial charge on any atom is 0.318 e. The monoisotopic (exact) mass is 609 g/mol. The van der Waals surface area contributed by atoms with E-state index in [1.54, 1.807) is 12.1 Å². The van der Waals surface area contributed by atoms with Crippen molar-refractivity contribution in [3.63, 3.8) is 0 Å². The molecule has 0 radical (unpaired) electrons. The zero-order valence-electron chi connectivity index (χ0n) is 26.2.